The Morgan fingerprint density at radius 1 is 1.75 bits per heavy atom. The third-order valence-corrected chi connectivity index (χ3v) is 0.580. The van der Waals surface area contributed by atoms with Gasteiger partial charge < -0.3 is 10.2 Å². The summed E-state index contributed by atoms with van der Waals surface area (Å²) in [7, 11) is 0. The normalized spacial score (nSPS) is 8.12. The first kappa shape index (κ1) is 7.39. The van der Waals surface area contributed by atoms with Gasteiger partial charge in [0.05, 0.1) is 6.54 Å². The Balaban J connectivity index is 0.000000490. The number of nitrogens with two attached hydrogens (primary N) is 1. The summed E-state index contributed by atoms with van der Waals surface area (Å²) in [6.07, 6.45) is 1.25. The number of rotatable bonds is 1. The minimum atomic E-state index is 0. The van der Waals surface area contributed by atoms with Crippen LogP contribution in [0.25, 0.3) is 0 Å². The van der Waals surface area contributed by atoms with Crippen molar-refractivity contribution in [3.8, 4) is 0 Å². The molecule has 46 valence electrons. The van der Waals surface area contributed by atoms with Crippen molar-refractivity contribution in [2.75, 3.05) is 0 Å². The molecule has 0 bridgehead atoms. The lowest BCUT2D eigenvalue weighted by Crippen LogP contribution is -1.95. The molecule has 5 heteroatoms. The average molecular weight is 136 g/mol. The van der Waals surface area contributed by atoms with Crippen molar-refractivity contribution in [2.45, 2.75) is 6.54 Å². The zero-order valence-corrected chi connectivity index (χ0v) is 4.89. The van der Waals surface area contributed by atoms with E-state index in [0.717, 1.165) is 0 Å². The van der Waals surface area contributed by atoms with Gasteiger partial charge in [-0.15, -0.1) is 22.6 Å². The van der Waals surface area contributed by atoms with Gasteiger partial charge >= 0.3 is 0 Å². The van der Waals surface area contributed by atoms with E-state index in [2.05, 4.69) is 14.6 Å². The Labute approximate surface area is 52.5 Å². The predicted octanol–water partition coefficient (Wildman–Crippen LogP) is -0.0499. The maximum absolute atomic E-state index is 5.10. The van der Waals surface area contributed by atoms with Gasteiger partial charge in [-0.25, -0.2) is 0 Å². The van der Waals surface area contributed by atoms with Crippen LogP contribution in [-0.4, -0.2) is 10.2 Å². The molecule has 0 amide bonds. The molecule has 0 aliphatic heterocycles. The van der Waals surface area contributed by atoms with E-state index in [1.807, 2.05) is 0 Å². The van der Waals surface area contributed by atoms with Crippen LogP contribution in [-0.2, 0) is 6.54 Å². The van der Waals surface area contributed by atoms with Crippen molar-refractivity contribution in [3.05, 3.63) is 12.3 Å². The second-order valence-corrected chi connectivity index (χ2v) is 1.04. The van der Waals surface area contributed by atoms with Crippen molar-refractivity contribution in [2.24, 2.45) is 5.73 Å². The molecule has 1 rings (SSSR count). The van der Waals surface area contributed by atoms with E-state index >= 15 is 0 Å². The predicted molar refractivity (Wildman–Crippen MR) is 29.4 cm³/mol. The summed E-state index contributed by atoms with van der Waals surface area (Å²) in [6, 6.07) is 0. The summed E-state index contributed by atoms with van der Waals surface area (Å²) in [4.78, 5) is 0. The Morgan fingerprint density at radius 2 is 2.50 bits per heavy atom. The Bertz CT molecular complexity index is 129. The third kappa shape index (κ3) is 1.48. The number of nitrogens with zero attached hydrogens (tertiary/aromatic N) is 2. The first-order valence-corrected chi connectivity index (χ1v) is 1.88. The molecular weight excluding hydrogens is 130 g/mol. The molecule has 1 heterocycles. The molecule has 0 radical (unpaired) electrons. The lowest BCUT2D eigenvalue weighted by atomic mass is 10.7. The Hall–Kier alpha value is -0.610. The summed E-state index contributed by atoms with van der Waals surface area (Å²) >= 11 is 0. The molecule has 0 atom stereocenters. The summed E-state index contributed by atoms with van der Waals surface area (Å²) in [5.74, 6) is 0.472. The lowest BCUT2D eigenvalue weighted by Gasteiger charge is -1.75. The van der Waals surface area contributed by atoms with Gasteiger partial charge in [-0.1, -0.05) is 0 Å². The Kier molecular flexibility index (Phi) is 3.14. The van der Waals surface area contributed by atoms with Gasteiger partial charge in [-0.3, -0.25) is 0 Å². The van der Waals surface area contributed by atoms with Crippen LogP contribution in [0.1, 0.15) is 5.89 Å². The molecule has 0 aliphatic rings. The highest BCUT2D eigenvalue weighted by Crippen LogP contribution is 1.84. The van der Waals surface area contributed by atoms with Crippen molar-refractivity contribution in [1.82, 2.24) is 10.2 Å². The molecular formula is C3H6ClN3O. The van der Waals surface area contributed by atoms with Crippen LogP contribution in [0.5, 0.6) is 0 Å². The highest BCUT2D eigenvalue weighted by atomic mass is 35.5. The molecule has 0 aromatic carbocycles. The highest BCUT2D eigenvalue weighted by Gasteiger charge is 1.88. The van der Waals surface area contributed by atoms with E-state index in [-0.39, 0.29) is 12.4 Å². The molecule has 4 nitrogen and oxygen atoms in total. The van der Waals surface area contributed by atoms with Crippen LogP contribution in [0, 0.1) is 0 Å². The zero-order chi connectivity index (χ0) is 5.11. The van der Waals surface area contributed by atoms with E-state index in [1.54, 1.807) is 0 Å². The molecule has 0 aliphatic carbocycles. The fraction of sp³-hybridized carbons (Fsp3) is 0.333. The minimum Gasteiger partial charge on any atom is -0.427 e. The maximum atomic E-state index is 5.10. The fourth-order valence-electron chi connectivity index (χ4n) is 0.285. The van der Waals surface area contributed by atoms with E-state index < -0.39 is 0 Å². The van der Waals surface area contributed by atoms with Crippen molar-refractivity contribution < 1.29 is 4.42 Å². The molecule has 0 fully saturated rings. The quantitative estimate of drug-likeness (QED) is 0.587. The summed E-state index contributed by atoms with van der Waals surface area (Å²) < 4.78 is 4.64. The molecule has 0 spiro atoms. The smallest absolute Gasteiger partial charge is 0.229 e. The highest BCUT2D eigenvalue weighted by molar-refractivity contribution is 5.85. The second kappa shape index (κ2) is 3.40. The molecule has 1 aromatic rings. The van der Waals surface area contributed by atoms with Crippen LogP contribution in [0.2, 0.25) is 0 Å². The van der Waals surface area contributed by atoms with E-state index in [9.17, 15) is 0 Å². The fourth-order valence-corrected chi connectivity index (χ4v) is 0.285. The van der Waals surface area contributed by atoms with Crippen LogP contribution < -0.4 is 5.73 Å². The molecule has 2 N–H and O–H groups in total. The van der Waals surface area contributed by atoms with Crippen LogP contribution in [0.3, 0.4) is 0 Å². The first-order chi connectivity index (χ1) is 3.43. The van der Waals surface area contributed by atoms with E-state index in [1.165, 1.54) is 6.39 Å². The maximum Gasteiger partial charge on any atom is 0.229 e. The van der Waals surface area contributed by atoms with Gasteiger partial charge in [0, 0.05) is 0 Å². The van der Waals surface area contributed by atoms with Crippen LogP contribution >= 0.6 is 12.4 Å². The SMILES string of the molecule is Cl.NCc1nnco1. The molecule has 1 aromatic heterocycles. The summed E-state index contributed by atoms with van der Waals surface area (Å²) in [5, 5.41) is 6.89. The van der Waals surface area contributed by atoms with E-state index in [0.29, 0.717) is 12.4 Å². The summed E-state index contributed by atoms with van der Waals surface area (Å²) in [6.45, 7) is 0.319. The van der Waals surface area contributed by atoms with Gasteiger partial charge in [-0.05, 0) is 0 Å². The number of hydrogen-bond acceptors (Lipinski definition) is 4. The lowest BCUT2D eigenvalue weighted by molar-refractivity contribution is 0.496. The van der Waals surface area contributed by atoms with Gasteiger partial charge in [-0.2, -0.15) is 0 Å². The Morgan fingerprint density at radius 3 is 2.75 bits per heavy atom. The third-order valence-electron chi connectivity index (χ3n) is 0.580. The molecule has 0 saturated heterocycles. The zero-order valence-electron chi connectivity index (χ0n) is 4.07. The van der Waals surface area contributed by atoms with Crippen molar-refractivity contribution in [1.29, 1.82) is 0 Å². The second-order valence-electron chi connectivity index (χ2n) is 1.04. The summed E-state index contributed by atoms with van der Waals surface area (Å²) in [5.41, 5.74) is 5.10. The monoisotopic (exact) mass is 135 g/mol. The van der Waals surface area contributed by atoms with Crippen molar-refractivity contribution >= 4 is 12.4 Å². The topological polar surface area (TPSA) is 64.9 Å². The van der Waals surface area contributed by atoms with Crippen molar-refractivity contribution in [3.63, 3.8) is 0 Å². The number of aromatic nitrogens is 2. The van der Waals surface area contributed by atoms with Crippen LogP contribution in [0.15, 0.2) is 10.8 Å². The van der Waals surface area contributed by atoms with Gasteiger partial charge in [0.2, 0.25) is 12.3 Å². The minimum absolute atomic E-state index is 0. The molecule has 0 saturated carbocycles. The van der Waals surface area contributed by atoms with Gasteiger partial charge in [0.25, 0.3) is 0 Å². The van der Waals surface area contributed by atoms with Crippen LogP contribution in [0.4, 0.5) is 0 Å². The average Bonchev–Trinajstić information content (AvgIpc) is 2.14. The number of hydrogen-bond donors (Lipinski definition) is 1. The van der Waals surface area contributed by atoms with E-state index in [4.69, 9.17) is 5.73 Å². The largest absolute Gasteiger partial charge is 0.427 e. The first-order valence-electron chi connectivity index (χ1n) is 1.88. The standard InChI is InChI=1S/C3H5N3O.ClH/c4-1-3-6-5-2-7-3;/h2H,1,4H2;1H. The number of halogens is 1. The molecule has 0 unspecified atom stereocenters. The van der Waals surface area contributed by atoms with Gasteiger partial charge in [0.15, 0.2) is 0 Å². The van der Waals surface area contributed by atoms with Gasteiger partial charge in [0.1, 0.15) is 0 Å². The molecule has 8 heavy (non-hydrogen) atoms.